The highest BCUT2D eigenvalue weighted by molar-refractivity contribution is 5.97. The molecule has 0 spiro atoms. The summed E-state index contributed by atoms with van der Waals surface area (Å²) in [4.78, 5) is 0. The van der Waals surface area contributed by atoms with Crippen LogP contribution < -0.4 is 10.5 Å². The fourth-order valence-corrected chi connectivity index (χ4v) is 1.18. The van der Waals surface area contributed by atoms with Crippen molar-refractivity contribution in [3.8, 4) is 5.75 Å². The summed E-state index contributed by atoms with van der Waals surface area (Å²) in [6.07, 6.45) is 0.952. The van der Waals surface area contributed by atoms with Crippen molar-refractivity contribution in [2.24, 2.45) is 10.9 Å². The van der Waals surface area contributed by atoms with Crippen LogP contribution in [0.4, 0.5) is 0 Å². The lowest BCUT2D eigenvalue weighted by Crippen LogP contribution is -2.13. The maximum atomic E-state index is 8.55. The third-order valence-corrected chi connectivity index (χ3v) is 2.05. The maximum Gasteiger partial charge on any atom is 0.170 e. The van der Waals surface area contributed by atoms with Gasteiger partial charge in [0.15, 0.2) is 5.84 Å². The molecule has 0 aliphatic rings. The summed E-state index contributed by atoms with van der Waals surface area (Å²) in [6.45, 7) is 4.67. The summed E-state index contributed by atoms with van der Waals surface area (Å²) in [6, 6.07) is 5.46. The molecule has 0 unspecified atom stereocenters. The number of nitrogens with two attached hydrogens (primary N) is 1. The molecule has 1 rings (SSSR count). The second-order valence-corrected chi connectivity index (χ2v) is 3.31. The number of nitrogens with zero attached hydrogens (tertiary/aromatic N) is 1. The Labute approximate surface area is 89.4 Å². The summed E-state index contributed by atoms with van der Waals surface area (Å²) < 4.78 is 5.53. The molecule has 0 aromatic heterocycles. The maximum absolute atomic E-state index is 8.55. The molecule has 3 N–H and O–H groups in total. The van der Waals surface area contributed by atoms with Gasteiger partial charge in [-0.2, -0.15) is 0 Å². The second-order valence-electron chi connectivity index (χ2n) is 3.31. The first kappa shape index (κ1) is 11.4. The van der Waals surface area contributed by atoms with Gasteiger partial charge in [0.1, 0.15) is 5.75 Å². The number of rotatable bonds is 4. The van der Waals surface area contributed by atoms with Crippen LogP contribution in [0.2, 0.25) is 0 Å². The van der Waals surface area contributed by atoms with E-state index in [9.17, 15) is 0 Å². The van der Waals surface area contributed by atoms with Gasteiger partial charge in [0.2, 0.25) is 0 Å². The third-order valence-electron chi connectivity index (χ3n) is 2.05. The van der Waals surface area contributed by atoms with Crippen LogP contribution in [0.15, 0.2) is 23.4 Å². The van der Waals surface area contributed by atoms with Crippen molar-refractivity contribution in [3.05, 3.63) is 29.3 Å². The molecule has 0 aliphatic heterocycles. The molecule has 4 nitrogen and oxygen atoms in total. The van der Waals surface area contributed by atoms with Crippen molar-refractivity contribution in [2.45, 2.75) is 20.3 Å². The highest BCUT2D eigenvalue weighted by Gasteiger charge is 2.04. The number of hydrogen-bond donors (Lipinski definition) is 2. The summed E-state index contributed by atoms with van der Waals surface area (Å²) in [7, 11) is 0. The zero-order chi connectivity index (χ0) is 11.3. The van der Waals surface area contributed by atoms with E-state index in [1.807, 2.05) is 19.9 Å². The third kappa shape index (κ3) is 2.87. The highest BCUT2D eigenvalue weighted by Crippen LogP contribution is 2.19. The van der Waals surface area contributed by atoms with Crippen molar-refractivity contribution >= 4 is 5.84 Å². The fraction of sp³-hybridized carbons (Fsp3) is 0.364. The molecular weight excluding hydrogens is 192 g/mol. The van der Waals surface area contributed by atoms with Crippen molar-refractivity contribution < 1.29 is 9.94 Å². The Bertz CT molecular complexity index is 362. The highest BCUT2D eigenvalue weighted by atomic mass is 16.5. The molecule has 0 bridgehead atoms. The van der Waals surface area contributed by atoms with Crippen LogP contribution in [0, 0.1) is 6.92 Å². The van der Waals surface area contributed by atoms with E-state index < -0.39 is 0 Å². The minimum atomic E-state index is 0.0938. The van der Waals surface area contributed by atoms with Crippen LogP contribution in [0.25, 0.3) is 0 Å². The van der Waals surface area contributed by atoms with E-state index in [-0.39, 0.29) is 5.84 Å². The van der Waals surface area contributed by atoms with Gasteiger partial charge < -0.3 is 15.7 Å². The molecule has 0 fully saturated rings. The quantitative estimate of drug-likeness (QED) is 0.343. The van der Waals surface area contributed by atoms with Gasteiger partial charge in [-0.25, -0.2) is 0 Å². The lowest BCUT2D eigenvalue weighted by Gasteiger charge is -2.09. The lowest BCUT2D eigenvalue weighted by atomic mass is 10.1. The molecule has 0 saturated carbocycles. The molecule has 0 atom stereocenters. The van der Waals surface area contributed by atoms with E-state index in [0.29, 0.717) is 12.2 Å². The summed E-state index contributed by atoms with van der Waals surface area (Å²) >= 11 is 0. The molecule has 15 heavy (non-hydrogen) atoms. The Morgan fingerprint density at radius 3 is 2.87 bits per heavy atom. The van der Waals surface area contributed by atoms with Crippen LogP contribution >= 0.6 is 0 Å². The van der Waals surface area contributed by atoms with E-state index in [1.165, 1.54) is 0 Å². The van der Waals surface area contributed by atoms with Crippen molar-refractivity contribution in [1.29, 1.82) is 0 Å². The molecule has 82 valence electrons. The predicted molar refractivity (Wildman–Crippen MR) is 59.5 cm³/mol. The first-order valence-electron chi connectivity index (χ1n) is 4.90. The second kappa shape index (κ2) is 5.24. The van der Waals surface area contributed by atoms with E-state index >= 15 is 0 Å². The predicted octanol–water partition coefficient (Wildman–Crippen LogP) is 1.88. The monoisotopic (exact) mass is 208 g/mol. The first-order chi connectivity index (χ1) is 7.19. The minimum Gasteiger partial charge on any atom is -0.493 e. The number of ether oxygens (including phenoxy) is 1. The van der Waals surface area contributed by atoms with Crippen molar-refractivity contribution in [3.63, 3.8) is 0 Å². The van der Waals surface area contributed by atoms with Crippen LogP contribution in [0.5, 0.6) is 5.75 Å². The average Bonchev–Trinajstić information content (AvgIpc) is 2.27. The van der Waals surface area contributed by atoms with Gasteiger partial charge >= 0.3 is 0 Å². The van der Waals surface area contributed by atoms with Gasteiger partial charge in [-0.3, -0.25) is 0 Å². The van der Waals surface area contributed by atoms with E-state index in [2.05, 4.69) is 5.16 Å². The van der Waals surface area contributed by atoms with Gasteiger partial charge in [0.25, 0.3) is 0 Å². The molecule has 0 amide bonds. The Morgan fingerprint density at radius 1 is 1.53 bits per heavy atom. The van der Waals surface area contributed by atoms with E-state index in [0.717, 1.165) is 17.7 Å². The Kier molecular flexibility index (Phi) is 3.97. The van der Waals surface area contributed by atoms with Gasteiger partial charge in [-0.15, -0.1) is 0 Å². The van der Waals surface area contributed by atoms with E-state index in [4.69, 9.17) is 15.7 Å². The molecule has 0 heterocycles. The normalized spacial score (nSPS) is 11.5. The molecule has 0 aliphatic carbocycles. The summed E-state index contributed by atoms with van der Waals surface area (Å²) in [5.41, 5.74) is 7.19. The van der Waals surface area contributed by atoms with Crippen molar-refractivity contribution in [2.75, 3.05) is 6.61 Å². The lowest BCUT2D eigenvalue weighted by molar-refractivity contribution is 0.314. The average molecular weight is 208 g/mol. The number of benzene rings is 1. The molecule has 0 saturated heterocycles. The zero-order valence-electron chi connectivity index (χ0n) is 9.03. The molecule has 0 radical (unpaired) electrons. The van der Waals surface area contributed by atoms with Crippen LogP contribution in [0.3, 0.4) is 0 Å². The Hall–Kier alpha value is -1.71. The Balaban J connectivity index is 2.94. The number of oxime groups is 1. The molecule has 4 heteroatoms. The Morgan fingerprint density at radius 2 is 2.27 bits per heavy atom. The van der Waals surface area contributed by atoms with Gasteiger partial charge in [-0.1, -0.05) is 24.2 Å². The van der Waals surface area contributed by atoms with Crippen LogP contribution in [0.1, 0.15) is 24.5 Å². The molecular formula is C11H16N2O2. The van der Waals surface area contributed by atoms with Crippen LogP contribution in [-0.4, -0.2) is 17.6 Å². The molecule has 1 aromatic carbocycles. The molecule has 1 aromatic rings. The number of aryl methyl sites for hydroxylation is 1. The fourth-order valence-electron chi connectivity index (χ4n) is 1.18. The number of amidine groups is 1. The SMILES string of the molecule is CCCOc1cc(/C(N)=N/O)ccc1C. The standard InChI is InChI=1S/C11H16N2O2/c1-3-6-15-10-7-9(11(12)13-14)5-4-8(10)2/h4-5,7,14H,3,6H2,1-2H3,(H2,12,13). The smallest absolute Gasteiger partial charge is 0.170 e. The van der Waals surface area contributed by atoms with Crippen molar-refractivity contribution in [1.82, 2.24) is 0 Å². The number of hydrogen-bond acceptors (Lipinski definition) is 3. The van der Waals surface area contributed by atoms with Gasteiger partial charge in [0.05, 0.1) is 6.61 Å². The van der Waals surface area contributed by atoms with Gasteiger partial charge in [0, 0.05) is 5.56 Å². The van der Waals surface area contributed by atoms with Gasteiger partial charge in [-0.05, 0) is 25.0 Å². The van der Waals surface area contributed by atoms with E-state index in [1.54, 1.807) is 12.1 Å². The first-order valence-corrected chi connectivity index (χ1v) is 4.90. The van der Waals surface area contributed by atoms with Crippen LogP contribution in [-0.2, 0) is 0 Å². The largest absolute Gasteiger partial charge is 0.493 e. The topological polar surface area (TPSA) is 67.8 Å². The summed E-state index contributed by atoms with van der Waals surface area (Å²) in [5.74, 6) is 0.872. The zero-order valence-corrected chi connectivity index (χ0v) is 9.03. The summed E-state index contributed by atoms with van der Waals surface area (Å²) in [5, 5.41) is 11.5. The minimum absolute atomic E-state index is 0.0938.